The van der Waals surface area contributed by atoms with Crippen LogP contribution in [0.25, 0.3) is 0 Å². The highest BCUT2D eigenvalue weighted by molar-refractivity contribution is 6.69. The lowest BCUT2D eigenvalue weighted by Gasteiger charge is -2.08. The number of aryl methyl sites for hydroxylation is 2. The Bertz CT molecular complexity index is 573. The fourth-order valence-corrected chi connectivity index (χ4v) is 2.30. The van der Waals surface area contributed by atoms with Crippen molar-refractivity contribution in [3.63, 3.8) is 0 Å². The number of para-hydroxylation sites is 1. The molecule has 98 valence electrons. The van der Waals surface area contributed by atoms with Gasteiger partial charge in [-0.2, -0.15) is 0 Å². The Balaban J connectivity index is 2.42. The highest BCUT2D eigenvalue weighted by Crippen LogP contribution is 2.26. The van der Waals surface area contributed by atoms with Gasteiger partial charge in [-0.25, -0.2) is 4.99 Å². The van der Waals surface area contributed by atoms with E-state index in [1.165, 1.54) is 11.1 Å². The van der Waals surface area contributed by atoms with E-state index in [0.29, 0.717) is 5.17 Å². The average molecular weight is 272 g/mol. The van der Waals surface area contributed by atoms with E-state index in [0.717, 1.165) is 24.1 Å². The minimum absolute atomic E-state index is 0.548. The molecule has 0 spiro atoms. The first kappa shape index (κ1) is 13.8. The Morgan fingerprint density at radius 3 is 2.47 bits per heavy atom. The number of rotatable bonds is 4. The predicted molar refractivity (Wildman–Crippen MR) is 83.7 cm³/mol. The van der Waals surface area contributed by atoms with E-state index >= 15 is 0 Å². The molecule has 19 heavy (non-hydrogen) atoms. The lowest BCUT2D eigenvalue weighted by Crippen LogP contribution is -1.93. The normalized spacial score (nSPS) is 11.6. The van der Waals surface area contributed by atoms with E-state index in [9.17, 15) is 0 Å². The summed E-state index contributed by atoms with van der Waals surface area (Å²) < 4.78 is 0. The maximum Gasteiger partial charge on any atom is 0.136 e. The van der Waals surface area contributed by atoms with Crippen LogP contribution in [-0.4, -0.2) is 5.17 Å². The Morgan fingerprint density at radius 2 is 1.79 bits per heavy atom. The van der Waals surface area contributed by atoms with Crippen molar-refractivity contribution in [3.8, 4) is 0 Å². The standard InChI is InChI=1S/C17H18ClN/c1-3-8-14-12-7-9-13(2)16(14)19-17(18)15-10-5-4-6-11-15/h4-7,9-12H,3,8H2,1-2H3/b19-17+. The third-order valence-corrected chi connectivity index (χ3v) is 3.37. The first-order valence-electron chi connectivity index (χ1n) is 6.60. The van der Waals surface area contributed by atoms with E-state index in [1.54, 1.807) is 0 Å². The van der Waals surface area contributed by atoms with Crippen LogP contribution in [0.15, 0.2) is 53.5 Å². The van der Waals surface area contributed by atoms with Crippen molar-refractivity contribution in [2.45, 2.75) is 26.7 Å². The van der Waals surface area contributed by atoms with E-state index < -0.39 is 0 Å². The van der Waals surface area contributed by atoms with Crippen LogP contribution in [0.5, 0.6) is 0 Å². The molecule has 2 aromatic rings. The summed E-state index contributed by atoms with van der Waals surface area (Å²) in [6, 6.07) is 16.2. The Morgan fingerprint density at radius 1 is 1.05 bits per heavy atom. The van der Waals surface area contributed by atoms with Crippen LogP contribution in [0, 0.1) is 6.92 Å². The summed E-state index contributed by atoms with van der Waals surface area (Å²) in [6.45, 7) is 4.25. The maximum absolute atomic E-state index is 6.33. The van der Waals surface area contributed by atoms with Gasteiger partial charge in [0, 0.05) is 5.56 Å². The Hall–Kier alpha value is -1.60. The molecule has 0 aliphatic heterocycles. The first-order valence-corrected chi connectivity index (χ1v) is 6.98. The van der Waals surface area contributed by atoms with Crippen molar-refractivity contribution < 1.29 is 0 Å². The molecule has 0 aromatic heterocycles. The van der Waals surface area contributed by atoms with Gasteiger partial charge in [-0.1, -0.05) is 73.5 Å². The molecule has 0 aliphatic rings. The summed E-state index contributed by atoms with van der Waals surface area (Å²) >= 11 is 6.33. The van der Waals surface area contributed by atoms with Crippen molar-refractivity contribution in [1.29, 1.82) is 0 Å². The van der Waals surface area contributed by atoms with Crippen LogP contribution in [0.4, 0.5) is 5.69 Å². The quantitative estimate of drug-likeness (QED) is 0.672. The Labute approximate surface area is 120 Å². The summed E-state index contributed by atoms with van der Waals surface area (Å²) in [5.41, 5.74) is 4.39. The van der Waals surface area contributed by atoms with Gasteiger partial charge in [0.25, 0.3) is 0 Å². The number of halogens is 1. The SMILES string of the molecule is CCCc1cccc(C)c1/N=C(/Cl)c1ccccc1. The van der Waals surface area contributed by atoms with E-state index in [4.69, 9.17) is 11.6 Å². The van der Waals surface area contributed by atoms with Gasteiger partial charge < -0.3 is 0 Å². The molecule has 0 unspecified atom stereocenters. The third kappa shape index (κ3) is 3.45. The zero-order valence-corrected chi connectivity index (χ0v) is 12.1. The zero-order valence-electron chi connectivity index (χ0n) is 11.4. The topological polar surface area (TPSA) is 12.4 Å². The smallest absolute Gasteiger partial charge is 0.136 e. The van der Waals surface area contributed by atoms with Crippen LogP contribution in [-0.2, 0) is 6.42 Å². The molecule has 0 saturated carbocycles. The molecule has 2 aromatic carbocycles. The summed E-state index contributed by atoms with van der Waals surface area (Å²) in [4.78, 5) is 4.63. The highest BCUT2D eigenvalue weighted by atomic mass is 35.5. The molecule has 0 N–H and O–H groups in total. The molecular formula is C17H18ClN. The van der Waals surface area contributed by atoms with Gasteiger partial charge in [0.15, 0.2) is 0 Å². The molecule has 0 radical (unpaired) electrons. The van der Waals surface area contributed by atoms with Gasteiger partial charge >= 0.3 is 0 Å². The second-order valence-electron chi connectivity index (χ2n) is 4.60. The van der Waals surface area contributed by atoms with Gasteiger partial charge in [0.2, 0.25) is 0 Å². The second-order valence-corrected chi connectivity index (χ2v) is 4.96. The van der Waals surface area contributed by atoms with Gasteiger partial charge in [-0.3, -0.25) is 0 Å². The summed E-state index contributed by atoms with van der Waals surface area (Å²) in [5, 5.41) is 0.548. The summed E-state index contributed by atoms with van der Waals surface area (Å²) in [5.74, 6) is 0. The minimum atomic E-state index is 0.548. The number of hydrogen-bond acceptors (Lipinski definition) is 1. The van der Waals surface area contributed by atoms with E-state index in [2.05, 4.69) is 37.0 Å². The molecule has 2 rings (SSSR count). The van der Waals surface area contributed by atoms with Crippen LogP contribution < -0.4 is 0 Å². The number of aliphatic imine (C=N–C) groups is 1. The maximum atomic E-state index is 6.33. The van der Waals surface area contributed by atoms with E-state index in [1.807, 2.05) is 30.3 Å². The minimum Gasteiger partial charge on any atom is -0.236 e. The van der Waals surface area contributed by atoms with Crippen LogP contribution in [0.2, 0.25) is 0 Å². The zero-order chi connectivity index (χ0) is 13.7. The lowest BCUT2D eigenvalue weighted by atomic mass is 10.0. The molecule has 0 fully saturated rings. The summed E-state index contributed by atoms with van der Waals surface area (Å²) in [6.07, 6.45) is 2.13. The largest absolute Gasteiger partial charge is 0.236 e. The number of benzene rings is 2. The van der Waals surface area contributed by atoms with Crippen molar-refractivity contribution in [2.75, 3.05) is 0 Å². The molecule has 0 aliphatic carbocycles. The van der Waals surface area contributed by atoms with Crippen molar-refractivity contribution in [3.05, 3.63) is 65.2 Å². The molecule has 0 amide bonds. The van der Waals surface area contributed by atoms with Crippen LogP contribution in [0.1, 0.15) is 30.0 Å². The summed E-state index contributed by atoms with van der Waals surface area (Å²) in [7, 11) is 0. The van der Waals surface area contributed by atoms with E-state index in [-0.39, 0.29) is 0 Å². The third-order valence-electron chi connectivity index (χ3n) is 3.06. The van der Waals surface area contributed by atoms with Gasteiger partial charge in [-0.05, 0) is 24.5 Å². The van der Waals surface area contributed by atoms with Crippen molar-refractivity contribution in [1.82, 2.24) is 0 Å². The molecular weight excluding hydrogens is 254 g/mol. The fraction of sp³-hybridized carbons (Fsp3) is 0.235. The second kappa shape index (κ2) is 6.53. The van der Waals surface area contributed by atoms with Crippen molar-refractivity contribution in [2.24, 2.45) is 4.99 Å². The molecule has 2 heteroatoms. The molecule has 1 nitrogen and oxygen atoms in total. The van der Waals surface area contributed by atoms with Crippen LogP contribution >= 0.6 is 11.6 Å². The van der Waals surface area contributed by atoms with Gasteiger partial charge in [-0.15, -0.1) is 0 Å². The molecule has 0 bridgehead atoms. The number of hydrogen-bond donors (Lipinski definition) is 0. The highest BCUT2D eigenvalue weighted by Gasteiger charge is 2.06. The van der Waals surface area contributed by atoms with Gasteiger partial charge in [0.1, 0.15) is 5.17 Å². The predicted octanol–water partition coefficient (Wildman–Crippen LogP) is 5.26. The number of nitrogens with zero attached hydrogens (tertiary/aromatic N) is 1. The monoisotopic (exact) mass is 271 g/mol. The molecule has 0 saturated heterocycles. The molecule has 0 atom stereocenters. The van der Waals surface area contributed by atoms with Crippen LogP contribution in [0.3, 0.4) is 0 Å². The van der Waals surface area contributed by atoms with Crippen molar-refractivity contribution >= 4 is 22.5 Å². The first-order chi connectivity index (χ1) is 9.22. The molecule has 0 heterocycles. The lowest BCUT2D eigenvalue weighted by molar-refractivity contribution is 0.920. The Kier molecular flexibility index (Phi) is 4.75. The fourth-order valence-electron chi connectivity index (χ4n) is 2.09. The average Bonchev–Trinajstić information content (AvgIpc) is 2.44. The van der Waals surface area contributed by atoms with Gasteiger partial charge in [0.05, 0.1) is 5.69 Å².